The monoisotopic (exact) mass is 399 g/mol. The van der Waals surface area contributed by atoms with E-state index in [-0.39, 0.29) is 23.8 Å². The predicted octanol–water partition coefficient (Wildman–Crippen LogP) is 3.59. The Balaban J connectivity index is 1.45. The van der Waals surface area contributed by atoms with Crippen molar-refractivity contribution in [2.24, 2.45) is 5.92 Å². The Morgan fingerprint density at radius 2 is 1.75 bits per heavy atom. The third-order valence-electron chi connectivity index (χ3n) is 5.73. The molecule has 0 spiro atoms. The Morgan fingerprint density at radius 1 is 1.11 bits per heavy atom. The van der Waals surface area contributed by atoms with E-state index >= 15 is 0 Å². The zero-order chi connectivity index (χ0) is 20.3. The molecule has 1 saturated carbocycles. The number of nitrogens with zero attached hydrogens (tertiary/aromatic N) is 3. The van der Waals surface area contributed by atoms with E-state index in [1.165, 1.54) is 6.07 Å². The lowest BCUT2D eigenvalue weighted by molar-refractivity contribution is -0.139. The molecule has 0 N–H and O–H groups in total. The van der Waals surface area contributed by atoms with Gasteiger partial charge in [-0.2, -0.15) is 13.2 Å². The fraction of sp³-hybridized carbons (Fsp3) is 0.700. The van der Waals surface area contributed by atoms with Crippen molar-refractivity contribution < 1.29 is 22.7 Å². The zero-order valence-corrected chi connectivity index (χ0v) is 16.4. The van der Waals surface area contributed by atoms with Crippen LogP contribution in [0.15, 0.2) is 18.3 Å². The highest BCUT2D eigenvalue weighted by atomic mass is 19.4. The molecule has 1 aliphatic carbocycles. The van der Waals surface area contributed by atoms with Crippen molar-refractivity contribution in [1.29, 1.82) is 0 Å². The van der Waals surface area contributed by atoms with Crippen molar-refractivity contribution in [3.63, 3.8) is 0 Å². The summed E-state index contributed by atoms with van der Waals surface area (Å²) in [5.41, 5.74) is -0.785. The number of hydrogen-bond donors (Lipinski definition) is 0. The SMILES string of the molecule is CC(C)N1CCN(C(=O)C2CCC(Oc3ccc(C(F)(F)F)cn3)CC2)CC1. The Morgan fingerprint density at radius 3 is 2.25 bits per heavy atom. The summed E-state index contributed by atoms with van der Waals surface area (Å²) in [5.74, 6) is 0.452. The quantitative estimate of drug-likeness (QED) is 0.776. The van der Waals surface area contributed by atoms with Crippen LogP contribution in [0.3, 0.4) is 0 Å². The lowest BCUT2D eigenvalue weighted by Gasteiger charge is -2.39. The molecule has 1 aromatic rings. The maximum absolute atomic E-state index is 12.8. The van der Waals surface area contributed by atoms with Crippen LogP contribution in [0.1, 0.15) is 45.1 Å². The first-order valence-corrected chi connectivity index (χ1v) is 9.97. The van der Waals surface area contributed by atoms with E-state index in [0.717, 1.165) is 51.3 Å². The lowest BCUT2D eigenvalue weighted by Crippen LogP contribution is -2.52. The second-order valence-electron chi connectivity index (χ2n) is 7.93. The summed E-state index contributed by atoms with van der Waals surface area (Å²) in [6.45, 7) is 7.74. The number of rotatable bonds is 4. The van der Waals surface area contributed by atoms with Gasteiger partial charge in [0.15, 0.2) is 0 Å². The lowest BCUT2D eigenvalue weighted by atomic mass is 9.86. The molecule has 1 aliphatic heterocycles. The van der Waals surface area contributed by atoms with Crippen molar-refractivity contribution in [3.8, 4) is 5.88 Å². The zero-order valence-electron chi connectivity index (χ0n) is 16.4. The van der Waals surface area contributed by atoms with Gasteiger partial charge >= 0.3 is 6.18 Å². The second kappa shape index (κ2) is 8.68. The number of aromatic nitrogens is 1. The van der Waals surface area contributed by atoms with E-state index in [1.807, 2.05) is 4.90 Å². The van der Waals surface area contributed by atoms with E-state index < -0.39 is 11.7 Å². The highest BCUT2D eigenvalue weighted by molar-refractivity contribution is 5.79. The van der Waals surface area contributed by atoms with Crippen LogP contribution in [-0.2, 0) is 11.0 Å². The molecule has 28 heavy (non-hydrogen) atoms. The Bertz CT molecular complexity index is 648. The van der Waals surface area contributed by atoms with Gasteiger partial charge in [0.2, 0.25) is 11.8 Å². The molecule has 1 saturated heterocycles. The number of halogens is 3. The van der Waals surface area contributed by atoms with E-state index in [0.29, 0.717) is 18.9 Å². The van der Waals surface area contributed by atoms with Crippen LogP contribution < -0.4 is 4.74 Å². The van der Waals surface area contributed by atoms with Crippen molar-refractivity contribution >= 4 is 5.91 Å². The fourth-order valence-corrected chi connectivity index (χ4v) is 3.93. The second-order valence-corrected chi connectivity index (χ2v) is 7.93. The molecular formula is C20H28F3N3O2. The number of amides is 1. The molecule has 0 atom stereocenters. The van der Waals surface area contributed by atoms with E-state index in [1.54, 1.807) is 0 Å². The van der Waals surface area contributed by atoms with Gasteiger partial charge in [-0.25, -0.2) is 4.98 Å². The van der Waals surface area contributed by atoms with Gasteiger partial charge in [-0.3, -0.25) is 9.69 Å². The number of carbonyl (C=O) groups is 1. The number of pyridine rings is 1. The summed E-state index contributed by atoms with van der Waals surface area (Å²) >= 11 is 0. The number of hydrogen-bond acceptors (Lipinski definition) is 4. The van der Waals surface area contributed by atoms with Crippen molar-refractivity contribution in [1.82, 2.24) is 14.8 Å². The minimum absolute atomic E-state index is 0.0195. The van der Waals surface area contributed by atoms with Crippen molar-refractivity contribution in [3.05, 3.63) is 23.9 Å². The minimum atomic E-state index is -4.40. The van der Waals surface area contributed by atoms with E-state index in [9.17, 15) is 18.0 Å². The van der Waals surface area contributed by atoms with Gasteiger partial charge in [-0.15, -0.1) is 0 Å². The Hall–Kier alpha value is -1.83. The molecule has 0 unspecified atom stereocenters. The molecule has 0 aromatic carbocycles. The van der Waals surface area contributed by atoms with Crippen LogP contribution in [0.4, 0.5) is 13.2 Å². The maximum atomic E-state index is 12.8. The summed E-state index contributed by atoms with van der Waals surface area (Å²) in [4.78, 5) is 20.9. The molecule has 3 rings (SSSR count). The van der Waals surface area contributed by atoms with Gasteiger partial charge in [0, 0.05) is 50.4 Å². The smallest absolute Gasteiger partial charge is 0.417 e. The van der Waals surface area contributed by atoms with Gasteiger partial charge in [0.1, 0.15) is 6.10 Å². The van der Waals surface area contributed by atoms with Crippen molar-refractivity contribution in [2.75, 3.05) is 26.2 Å². The molecule has 0 bridgehead atoms. The summed E-state index contributed by atoms with van der Waals surface area (Å²) in [5, 5.41) is 0. The van der Waals surface area contributed by atoms with Gasteiger partial charge < -0.3 is 9.64 Å². The molecule has 156 valence electrons. The first-order chi connectivity index (χ1) is 13.2. The molecule has 0 radical (unpaired) electrons. The molecule has 1 aromatic heterocycles. The van der Waals surface area contributed by atoms with Gasteiger partial charge in [-0.05, 0) is 45.6 Å². The van der Waals surface area contributed by atoms with Crippen LogP contribution in [-0.4, -0.2) is 59.0 Å². The molecule has 2 aliphatic rings. The molecule has 8 heteroatoms. The fourth-order valence-electron chi connectivity index (χ4n) is 3.93. The molecule has 2 fully saturated rings. The number of alkyl halides is 3. The van der Waals surface area contributed by atoms with Crippen LogP contribution in [0, 0.1) is 5.92 Å². The third-order valence-corrected chi connectivity index (χ3v) is 5.73. The largest absolute Gasteiger partial charge is 0.474 e. The van der Waals surface area contributed by atoms with Crippen LogP contribution in [0.25, 0.3) is 0 Å². The average molecular weight is 399 g/mol. The minimum Gasteiger partial charge on any atom is -0.474 e. The normalized spacial score (nSPS) is 24.4. The predicted molar refractivity (Wildman–Crippen MR) is 98.9 cm³/mol. The highest BCUT2D eigenvalue weighted by Gasteiger charge is 2.33. The highest BCUT2D eigenvalue weighted by Crippen LogP contribution is 2.31. The molecule has 2 heterocycles. The average Bonchev–Trinajstić information content (AvgIpc) is 2.68. The van der Waals surface area contributed by atoms with Gasteiger partial charge in [-0.1, -0.05) is 0 Å². The summed E-state index contributed by atoms with van der Waals surface area (Å²) in [6.07, 6.45) is -0.795. The molecule has 1 amide bonds. The number of ether oxygens (including phenoxy) is 1. The third kappa shape index (κ3) is 5.16. The van der Waals surface area contributed by atoms with Crippen molar-refractivity contribution in [2.45, 2.75) is 57.9 Å². The number of piperazine rings is 1. The summed E-state index contributed by atoms with van der Waals surface area (Å²) in [7, 11) is 0. The van der Waals surface area contributed by atoms with Crippen LogP contribution >= 0.6 is 0 Å². The molecule has 5 nitrogen and oxygen atoms in total. The first kappa shape index (κ1) is 20.9. The number of carbonyl (C=O) groups excluding carboxylic acids is 1. The van der Waals surface area contributed by atoms with E-state index in [2.05, 4.69) is 23.7 Å². The first-order valence-electron chi connectivity index (χ1n) is 9.97. The molecular weight excluding hydrogens is 371 g/mol. The maximum Gasteiger partial charge on any atom is 0.417 e. The summed E-state index contributed by atoms with van der Waals surface area (Å²) < 4.78 is 43.5. The Kier molecular flexibility index (Phi) is 6.47. The summed E-state index contributed by atoms with van der Waals surface area (Å²) in [6, 6.07) is 2.74. The Labute approximate surface area is 163 Å². The van der Waals surface area contributed by atoms with E-state index in [4.69, 9.17) is 4.74 Å². The van der Waals surface area contributed by atoms with Crippen LogP contribution in [0.5, 0.6) is 5.88 Å². The van der Waals surface area contributed by atoms with Gasteiger partial charge in [0.25, 0.3) is 0 Å². The standard InChI is InChI=1S/C20H28F3N3O2/c1-14(2)25-9-11-26(12-10-25)19(27)15-3-6-17(7-4-15)28-18-8-5-16(13-24-18)20(21,22)23/h5,8,13-15,17H,3-4,6-7,9-12H2,1-2H3. The van der Waals surface area contributed by atoms with Crippen LogP contribution in [0.2, 0.25) is 0 Å². The van der Waals surface area contributed by atoms with Gasteiger partial charge in [0.05, 0.1) is 5.56 Å². The topological polar surface area (TPSA) is 45.7 Å².